The fraction of sp³-hybridized carbons (Fsp3) is 0.409. The number of nitrogens with zero attached hydrogens (tertiary/aromatic N) is 6. The van der Waals surface area contributed by atoms with E-state index in [2.05, 4.69) is 26.9 Å². The van der Waals surface area contributed by atoms with E-state index in [0.29, 0.717) is 11.6 Å². The van der Waals surface area contributed by atoms with E-state index in [9.17, 15) is 4.39 Å². The van der Waals surface area contributed by atoms with E-state index in [-0.39, 0.29) is 5.82 Å². The molecule has 4 aromatic rings. The second-order valence-corrected chi connectivity index (χ2v) is 8.04. The van der Waals surface area contributed by atoms with Crippen molar-refractivity contribution < 1.29 is 4.39 Å². The molecule has 0 unspecified atom stereocenters. The molecule has 1 aliphatic rings. The minimum Gasteiger partial charge on any atom is -0.304 e. The van der Waals surface area contributed by atoms with Gasteiger partial charge in [-0.15, -0.1) is 0 Å². The van der Waals surface area contributed by atoms with Crippen molar-refractivity contribution in [3.63, 3.8) is 0 Å². The highest BCUT2D eigenvalue weighted by atomic mass is 19.1. The Hall–Kier alpha value is -2.80. The minimum absolute atomic E-state index is 0.318. The third-order valence-corrected chi connectivity index (χ3v) is 6.00. The Morgan fingerprint density at radius 2 is 1.83 bits per heavy atom. The van der Waals surface area contributed by atoms with Gasteiger partial charge in [-0.2, -0.15) is 5.10 Å². The molecule has 1 fully saturated rings. The molecule has 6 nitrogen and oxygen atoms in total. The average molecular weight is 392 g/mol. The van der Waals surface area contributed by atoms with E-state index in [0.717, 1.165) is 66.3 Å². The topological polar surface area (TPSA) is 50.7 Å². The van der Waals surface area contributed by atoms with Gasteiger partial charge in [-0.05, 0) is 64.0 Å². The number of piperidine rings is 1. The van der Waals surface area contributed by atoms with Crippen LogP contribution in [-0.2, 0) is 0 Å². The van der Waals surface area contributed by atoms with Crippen molar-refractivity contribution in [1.82, 2.24) is 28.9 Å². The molecule has 0 radical (unpaired) electrons. The SMILES string of the molecule is CCN1CCC(c2cn3cc(-c4cc(C)c5nc(C)cn5n4)cc(F)c3n2)CC1. The molecule has 1 saturated heterocycles. The summed E-state index contributed by atoms with van der Waals surface area (Å²) in [5.41, 5.74) is 5.58. The van der Waals surface area contributed by atoms with E-state index < -0.39 is 0 Å². The average Bonchev–Trinajstić information content (AvgIpc) is 3.31. The first kappa shape index (κ1) is 18.2. The third kappa shape index (κ3) is 3.19. The zero-order valence-corrected chi connectivity index (χ0v) is 17.1. The van der Waals surface area contributed by atoms with Gasteiger partial charge >= 0.3 is 0 Å². The van der Waals surface area contributed by atoms with Crippen LogP contribution >= 0.6 is 0 Å². The maximum absolute atomic E-state index is 14.9. The molecule has 0 aliphatic carbocycles. The number of pyridine rings is 1. The van der Waals surface area contributed by atoms with Crippen molar-refractivity contribution in [2.45, 2.75) is 39.5 Å². The maximum atomic E-state index is 14.9. The summed E-state index contributed by atoms with van der Waals surface area (Å²) in [6.45, 7) is 9.38. The summed E-state index contributed by atoms with van der Waals surface area (Å²) in [6.07, 6.45) is 7.94. The molecule has 0 spiro atoms. The molecule has 0 N–H and O–H groups in total. The molecule has 0 bridgehead atoms. The Kier molecular flexibility index (Phi) is 4.35. The van der Waals surface area contributed by atoms with Crippen LogP contribution in [0.3, 0.4) is 0 Å². The van der Waals surface area contributed by atoms with Crippen LogP contribution in [0.15, 0.2) is 30.7 Å². The molecular weight excluding hydrogens is 367 g/mol. The smallest absolute Gasteiger partial charge is 0.173 e. The standard InChI is InChI=1S/C22H25FN6/c1-4-27-7-5-16(6-8-27)20-13-28-12-17(10-18(23)22(28)25-20)19-9-14(2)21-24-15(3)11-29(21)26-19/h9-13,16H,4-8H2,1-3H3. The number of halogens is 1. The van der Waals surface area contributed by atoms with Crippen LogP contribution in [0.2, 0.25) is 0 Å². The van der Waals surface area contributed by atoms with Gasteiger partial charge in [0.05, 0.1) is 23.3 Å². The maximum Gasteiger partial charge on any atom is 0.173 e. The quantitative estimate of drug-likeness (QED) is 0.529. The van der Waals surface area contributed by atoms with Gasteiger partial charge in [0.2, 0.25) is 0 Å². The predicted octanol–water partition coefficient (Wildman–Crippen LogP) is 4.00. The normalized spacial score (nSPS) is 16.3. The number of rotatable bonds is 3. The number of fused-ring (bicyclic) bond motifs is 2. The summed E-state index contributed by atoms with van der Waals surface area (Å²) in [6, 6.07) is 3.49. The van der Waals surface area contributed by atoms with E-state index in [4.69, 9.17) is 0 Å². The lowest BCUT2D eigenvalue weighted by Crippen LogP contribution is -2.32. The van der Waals surface area contributed by atoms with Crippen molar-refractivity contribution in [2.24, 2.45) is 0 Å². The van der Waals surface area contributed by atoms with Crippen LogP contribution in [0.4, 0.5) is 4.39 Å². The number of imidazole rings is 2. The van der Waals surface area contributed by atoms with E-state index >= 15 is 0 Å². The predicted molar refractivity (Wildman–Crippen MR) is 111 cm³/mol. The molecule has 0 amide bonds. The molecule has 5 heterocycles. The summed E-state index contributed by atoms with van der Waals surface area (Å²) in [5.74, 6) is 0.0762. The van der Waals surface area contributed by atoms with Crippen molar-refractivity contribution in [2.75, 3.05) is 19.6 Å². The van der Waals surface area contributed by atoms with Crippen LogP contribution in [0, 0.1) is 19.7 Å². The number of likely N-dealkylation sites (tertiary alicyclic amines) is 1. The summed E-state index contributed by atoms with van der Waals surface area (Å²) < 4.78 is 18.5. The fourth-order valence-corrected chi connectivity index (χ4v) is 4.34. The summed E-state index contributed by atoms with van der Waals surface area (Å²) in [5, 5.41) is 4.64. The summed E-state index contributed by atoms with van der Waals surface area (Å²) in [7, 11) is 0. The van der Waals surface area contributed by atoms with E-state index in [1.165, 1.54) is 6.07 Å². The largest absolute Gasteiger partial charge is 0.304 e. The Labute approximate surface area is 169 Å². The minimum atomic E-state index is -0.318. The second kappa shape index (κ2) is 6.91. The Bertz CT molecular complexity index is 1200. The fourth-order valence-electron chi connectivity index (χ4n) is 4.34. The summed E-state index contributed by atoms with van der Waals surface area (Å²) in [4.78, 5) is 11.6. The Morgan fingerprint density at radius 1 is 1.03 bits per heavy atom. The van der Waals surface area contributed by atoms with E-state index in [1.807, 2.05) is 42.9 Å². The number of aryl methyl sites for hydroxylation is 2. The van der Waals surface area contributed by atoms with Gasteiger partial charge in [0, 0.05) is 23.9 Å². The lowest BCUT2D eigenvalue weighted by molar-refractivity contribution is 0.221. The molecule has 5 rings (SSSR count). The highest BCUT2D eigenvalue weighted by Crippen LogP contribution is 2.29. The second-order valence-electron chi connectivity index (χ2n) is 8.04. The molecule has 150 valence electrons. The lowest BCUT2D eigenvalue weighted by Gasteiger charge is -2.30. The number of hydrogen-bond donors (Lipinski definition) is 0. The molecular formula is C22H25FN6. The highest BCUT2D eigenvalue weighted by molar-refractivity contribution is 5.64. The third-order valence-electron chi connectivity index (χ3n) is 6.00. The van der Waals surface area contributed by atoms with Gasteiger partial charge in [-0.1, -0.05) is 6.92 Å². The molecule has 0 atom stereocenters. The van der Waals surface area contributed by atoms with Crippen molar-refractivity contribution in [3.8, 4) is 11.3 Å². The molecule has 7 heteroatoms. The lowest BCUT2D eigenvalue weighted by atomic mass is 9.94. The van der Waals surface area contributed by atoms with Gasteiger partial charge in [0.15, 0.2) is 17.1 Å². The van der Waals surface area contributed by atoms with Crippen LogP contribution in [0.25, 0.3) is 22.6 Å². The Balaban J connectivity index is 1.53. The highest BCUT2D eigenvalue weighted by Gasteiger charge is 2.23. The van der Waals surface area contributed by atoms with Gasteiger partial charge in [-0.25, -0.2) is 18.9 Å². The van der Waals surface area contributed by atoms with Gasteiger partial charge in [0.1, 0.15) is 0 Å². The van der Waals surface area contributed by atoms with Gasteiger partial charge in [0.25, 0.3) is 0 Å². The number of aromatic nitrogens is 5. The van der Waals surface area contributed by atoms with Crippen LogP contribution in [0.1, 0.15) is 42.6 Å². The van der Waals surface area contributed by atoms with Crippen molar-refractivity contribution in [1.29, 1.82) is 0 Å². The van der Waals surface area contributed by atoms with Crippen LogP contribution < -0.4 is 0 Å². The van der Waals surface area contributed by atoms with E-state index in [1.54, 1.807) is 4.52 Å². The number of hydrogen-bond acceptors (Lipinski definition) is 4. The zero-order chi connectivity index (χ0) is 20.1. The Morgan fingerprint density at radius 3 is 2.59 bits per heavy atom. The first-order valence-electron chi connectivity index (χ1n) is 10.3. The molecule has 29 heavy (non-hydrogen) atoms. The van der Waals surface area contributed by atoms with Crippen LogP contribution in [-0.4, -0.2) is 48.5 Å². The first-order chi connectivity index (χ1) is 14.0. The van der Waals surface area contributed by atoms with Crippen molar-refractivity contribution in [3.05, 3.63) is 53.5 Å². The molecule has 0 saturated carbocycles. The molecule has 1 aliphatic heterocycles. The molecule has 4 aromatic heterocycles. The first-order valence-corrected chi connectivity index (χ1v) is 10.3. The monoisotopic (exact) mass is 392 g/mol. The zero-order valence-electron chi connectivity index (χ0n) is 17.1. The van der Waals surface area contributed by atoms with Crippen LogP contribution in [0.5, 0.6) is 0 Å². The molecule has 0 aromatic carbocycles. The van der Waals surface area contributed by atoms with Crippen molar-refractivity contribution >= 4 is 11.3 Å². The van der Waals surface area contributed by atoms with Gasteiger partial charge < -0.3 is 9.30 Å². The van der Waals surface area contributed by atoms with Gasteiger partial charge in [-0.3, -0.25) is 0 Å². The summed E-state index contributed by atoms with van der Waals surface area (Å²) >= 11 is 0.